The van der Waals surface area contributed by atoms with Gasteiger partial charge in [-0.3, -0.25) is 14.6 Å². The summed E-state index contributed by atoms with van der Waals surface area (Å²) < 4.78 is 31.2. The largest absolute Gasteiger partial charge is 0.465 e. The molecule has 1 saturated heterocycles. The molecule has 1 aliphatic rings. The lowest BCUT2D eigenvalue weighted by Crippen LogP contribution is -2.45. The Labute approximate surface area is 228 Å². The number of hydrogen-bond donors (Lipinski definition) is 0. The standard InChI is InChI=1S/C28H32ClN3O5S/c1-2-37-27(33)20-32(28(34)21-10-15-31(16-11-21)25-8-12-30-13-9-25)14-3-17-38(35,36)26-7-5-22-18-24(29)6-4-23(22)19-26/h4-9,12-13,18-19,21H,2-3,10-11,14-17,20H2,1H3. The SMILES string of the molecule is CCOC(=O)CN(CCCS(=O)(=O)c1ccc2cc(Cl)ccc2c1)C(=O)C1CCN(c2ccncc2)CC1. The van der Waals surface area contributed by atoms with E-state index in [0.29, 0.717) is 17.9 Å². The van der Waals surface area contributed by atoms with E-state index in [9.17, 15) is 18.0 Å². The summed E-state index contributed by atoms with van der Waals surface area (Å²) >= 11 is 6.03. The van der Waals surface area contributed by atoms with Crippen LogP contribution in [0.25, 0.3) is 10.8 Å². The zero-order valence-electron chi connectivity index (χ0n) is 21.4. The van der Waals surface area contributed by atoms with Crippen molar-refractivity contribution < 1.29 is 22.7 Å². The first-order valence-electron chi connectivity index (χ1n) is 12.8. The molecule has 0 spiro atoms. The number of piperidine rings is 1. The second-order valence-electron chi connectivity index (χ2n) is 9.36. The number of amides is 1. The van der Waals surface area contributed by atoms with Crippen LogP contribution in [-0.2, 0) is 24.2 Å². The zero-order chi connectivity index (χ0) is 27.1. The van der Waals surface area contributed by atoms with Gasteiger partial charge in [0.25, 0.3) is 0 Å². The van der Waals surface area contributed by atoms with E-state index >= 15 is 0 Å². The highest BCUT2D eigenvalue weighted by atomic mass is 35.5. The number of nitrogens with zero attached hydrogens (tertiary/aromatic N) is 3. The van der Waals surface area contributed by atoms with Crippen molar-refractivity contribution in [3.8, 4) is 0 Å². The lowest BCUT2D eigenvalue weighted by atomic mass is 9.94. The van der Waals surface area contributed by atoms with Crippen molar-refractivity contribution in [3.63, 3.8) is 0 Å². The number of sulfone groups is 1. The van der Waals surface area contributed by atoms with Gasteiger partial charge in [0.05, 0.1) is 17.3 Å². The Bertz CT molecular complexity index is 1380. The van der Waals surface area contributed by atoms with E-state index in [2.05, 4.69) is 9.88 Å². The van der Waals surface area contributed by atoms with Gasteiger partial charge < -0.3 is 14.5 Å². The van der Waals surface area contributed by atoms with Crippen LogP contribution in [0.3, 0.4) is 0 Å². The van der Waals surface area contributed by atoms with E-state index in [1.807, 2.05) is 12.1 Å². The first-order chi connectivity index (χ1) is 18.3. The third-order valence-corrected chi connectivity index (χ3v) is 8.82. The normalized spacial score (nSPS) is 14.4. The molecule has 202 valence electrons. The van der Waals surface area contributed by atoms with Crippen LogP contribution in [0, 0.1) is 5.92 Å². The first kappa shape index (κ1) is 27.9. The average molecular weight is 558 g/mol. The fourth-order valence-corrected chi connectivity index (χ4v) is 6.29. The van der Waals surface area contributed by atoms with Crippen molar-refractivity contribution in [3.05, 3.63) is 65.9 Å². The van der Waals surface area contributed by atoms with Crippen LogP contribution in [-0.4, -0.2) is 68.7 Å². The second kappa shape index (κ2) is 12.6. The maximum atomic E-state index is 13.4. The molecule has 2 heterocycles. The Kier molecular flexibility index (Phi) is 9.22. The number of rotatable bonds is 10. The summed E-state index contributed by atoms with van der Waals surface area (Å²) in [6, 6.07) is 14.1. The number of anilines is 1. The highest BCUT2D eigenvalue weighted by molar-refractivity contribution is 7.91. The molecule has 0 bridgehead atoms. The molecule has 1 amide bonds. The Hall–Kier alpha value is -3.17. The molecular formula is C28H32ClN3O5S. The highest BCUT2D eigenvalue weighted by Gasteiger charge is 2.30. The number of hydrogen-bond acceptors (Lipinski definition) is 7. The molecule has 8 nitrogen and oxygen atoms in total. The molecule has 3 aromatic rings. The molecule has 1 aromatic heterocycles. The number of carbonyl (C=O) groups is 2. The van der Waals surface area contributed by atoms with Gasteiger partial charge in [-0.2, -0.15) is 0 Å². The van der Waals surface area contributed by atoms with E-state index in [1.54, 1.807) is 55.7 Å². The Morgan fingerprint density at radius 3 is 2.45 bits per heavy atom. The molecule has 4 rings (SSSR count). The number of carbonyl (C=O) groups excluding carboxylic acids is 2. The van der Waals surface area contributed by atoms with Crippen molar-refractivity contribution in [2.45, 2.75) is 31.1 Å². The van der Waals surface area contributed by atoms with Crippen LogP contribution in [0.4, 0.5) is 5.69 Å². The highest BCUT2D eigenvalue weighted by Crippen LogP contribution is 2.26. The summed E-state index contributed by atoms with van der Waals surface area (Å²) in [6.07, 6.45) is 5.01. The molecule has 1 fully saturated rings. The van der Waals surface area contributed by atoms with E-state index in [-0.39, 0.29) is 48.6 Å². The molecule has 1 aliphatic heterocycles. The minimum atomic E-state index is -3.58. The predicted molar refractivity (Wildman–Crippen MR) is 148 cm³/mol. The summed E-state index contributed by atoms with van der Waals surface area (Å²) in [5.74, 6) is -0.996. The van der Waals surface area contributed by atoms with Gasteiger partial charge in [0, 0.05) is 48.7 Å². The summed E-state index contributed by atoms with van der Waals surface area (Å²) in [5.41, 5.74) is 1.07. The van der Waals surface area contributed by atoms with Crippen molar-refractivity contribution >= 4 is 49.8 Å². The summed E-state index contributed by atoms with van der Waals surface area (Å²) in [5, 5.41) is 2.23. The number of ether oxygens (including phenoxy) is 1. The fourth-order valence-electron chi connectivity index (χ4n) is 4.78. The maximum absolute atomic E-state index is 13.4. The lowest BCUT2D eigenvalue weighted by molar-refractivity contribution is -0.150. The summed E-state index contributed by atoms with van der Waals surface area (Å²) in [6.45, 7) is 3.33. The Balaban J connectivity index is 1.39. The van der Waals surface area contributed by atoms with Gasteiger partial charge in [-0.25, -0.2) is 8.42 Å². The van der Waals surface area contributed by atoms with Crippen LogP contribution in [0.5, 0.6) is 0 Å². The summed E-state index contributed by atoms with van der Waals surface area (Å²) in [4.78, 5) is 33.6. The van der Waals surface area contributed by atoms with Crippen LogP contribution in [0.1, 0.15) is 26.2 Å². The molecule has 0 unspecified atom stereocenters. The molecule has 10 heteroatoms. The molecule has 0 saturated carbocycles. The van der Waals surface area contributed by atoms with E-state index < -0.39 is 15.8 Å². The molecule has 2 aromatic carbocycles. The van der Waals surface area contributed by atoms with Gasteiger partial charge in [-0.15, -0.1) is 0 Å². The molecular weight excluding hydrogens is 526 g/mol. The van der Waals surface area contributed by atoms with Gasteiger partial charge in [0.1, 0.15) is 6.54 Å². The van der Waals surface area contributed by atoms with E-state index in [4.69, 9.17) is 16.3 Å². The number of pyridine rings is 1. The second-order valence-corrected chi connectivity index (χ2v) is 11.9. The minimum absolute atomic E-state index is 0.132. The zero-order valence-corrected chi connectivity index (χ0v) is 23.0. The summed E-state index contributed by atoms with van der Waals surface area (Å²) in [7, 11) is -3.58. The minimum Gasteiger partial charge on any atom is -0.465 e. The fraction of sp³-hybridized carbons (Fsp3) is 0.393. The smallest absolute Gasteiger partial charge is 0.325 e. The number of halogens is 1. The van der Waals surface area contributed by atoms with Crippen LogP contribution in [0.15, 0.2) is 65.8 Å². The molecule has 0 atom stereocenters. The van der Waals surface area contributed by atoms with Crippen molar-refractivity contribution in [1.29, 1.82) is 0 Å². The van der Waals surface area contributed by atoms with Gasteiger partial charge in [0.2, 0.25) is 5.91 Å². The van der Waals surface area contributed by atoms with Gasteiger partial charge in [-0.05, 0) is 73.4 Å². The van der Waals surface area contributed by atoms with Crippen molar-refractivity contribution in [2.75, 3.05) is 43.4 Å². The Morgan fingerprint density at radius 2 is 1.74 bits per heavy atom. The van der Waals surface area contributed by atoms with Gasteiger partial charge in [-0.1, -0.05) is 23.7 Å². The number of esters is 1. The van der Waals surface area contributed by atoms with Gasteiger partial charge in [0.15, 0.2) is 9.84 Å². The molecule has 38 heavy (non-hydrogen) atoms. The number of benzene rings is 2. The average Bonchev–Trinajstić information content (AvgIpc) is 2.92. The first-order valence-corrected chi connectivity index (χ1v) is 14.8. The third-order valence-electron chi connectivity index (χ3n) is 6.78. The number of aromatic nitrogens is 1. The van der Waals surface area contributed by atoms with Crippen molar-refractivity contribution in [2.24, 2.45) is 5.92 Å². The predicted octanol–water partition coefficient (Wildman–Crippen LogP) is 4.36. The monoisotopic (exact) mass is 557 g/mol. The topological polar surface area (TPSA) is 96.9 Å². The Morgan fingerprint density at radius 1 is 1.05 bits per heavy atom. The maximum Gasteiger partial charge on any atom is 0.325 e. The quantitative estimate of drug-likeness (QED) is 0.342. The molecule has 0 aliphatic carbocycles. The van der Waals surface area contributed by atoms with Crippen LogP contribution < -0.4 is 4.90 Å². The van der Waals surface area contributed by atoms with E-state index in [1.165, 1.54) is 4.90 Å². The molecule has 0 N–H and O–H groups in total. The van der Waals surface area contributed by atoms with Crippen LogP contribution in [0.2, 0.25) is 5.02 Å². The number of fused-ring (bicyclic) bond motifs is 1. The van der Waals surface area contributed by atoms with E-state index in [0.717, 1.165) is 29.5 Å². The lowest BCUT2D eigenvalue weighted by Gasteiger charge is -2.35. The third kappa shape index (κ3) is 7.02. The van der Waals surface area contributed by atoms with Crippen molar-refractivity contribution in [1.82, 2.24) is 9.88 Å². The van der Waals surface area contributed by atoms with Gasteiger partial charge >= 0.3 is 5.97 Å². The molecule has 0 radical (unpaired) electrons. The van der Waals surface area contributed by atoms with Crippen LogP contribution >= 0.6 is 11.6 Å².